The molecule has 116 valence electrons. The Bertz CT molecular complexity index is 320. The van der Waals surface area contributed by atoms with Crippen molar-refractivity contribution in [3.63, 3.8) is 0 Å². The van der Waals surface area contributed by atoms with Crippen LogP contribution in [0.1, 0.15) is 39.0 Å². The predicted octanol–water partition coefficient (Wildman–Crippen LogP) is 1.23. The van der Waals surface area contributed by atoms with Gasteiger partial charge in [-0.15, -0.1) is 0 Å². The van der Waals surface area contributed by atoms with Gasteiger partial charge in [0.25, 0.3) is 0 Å². The van der Waals surface area contributed by atoms with Crippen LogP contribution in [0.2, 0.25) is 0 Å². The lowest BCUT2D eigenvalue weighted by Gasteiger charge is -2.19. The molecular weight excluding hydrogens is 264 g/mol. The van der Waals surface area contributed by atoms with Gasteiger partial charge in [0.05, 0.1) is 7.11 Å². The number of amides is 2. The Labute approximate surface area is 119 Å². The number of rotatable bonds is 10. The van der Waals surface area contributed by atoms with Crippen LogP contribution in [0, 0.1) is 0 Å². The summed E-state index contributed by atoms with van der Waals surface area (Å²) in [5, 5.41) is 11.2. The molecule has 0 unspecified atom stereocenters. The molecule has 0 aliphatic carbocycles. The number of unbranched alkanes of at least 4 members (excludes halogenated alkanes) is 3. The summed E-state index contributed by atoms with van der Waals surface area (Å²) < 4.78 is 4.51. The van der Waals surface area contributed by atoms with Crippen LogP contribution in [0.3, 0.4) is 0 Å². The van der Waals surface area contributed by atoms with E-state index in [1.807, 2.05) is 0 Å². The van der Waals surface area contributed by atoms with Crippen LogP contribution in [0.5, 0.6) is 0 Å². The number of aliphatic carboxylic acids is 1. The third kappa shape index (κ3) is 9.18. The first-order chi connectivity index (χ1) is 9.51. The van der Waals surface area contributed by atoms with Crippen molar-refractivity contribution in [2.24, 2.45) is 0 Å². The van der Waals surface area contributed by atoms with Gasteiger partial charge < -0.3 is 20.1 Å². The van der Waals surface area contributed by atoms with Crippen molar-refractivity contribution in [2.45, 2.75) is 39.0 Å². The lowest BCUT2D eigenvalue weighted by Crippen LogP contribution is -2.43. The fourth-order valence-electron chi connectivity index (χ4n) is 1.61. The Hall–Kier alpha value is -1.79. The van der Waals surface area contributed by atoms with Gasteiger partial charge in [-0.2, -0.15) is 0 Å². The van der Waals surface area contributed by atoms with Crippen molar-refractivity contribution in [1.82, 2.24) is 10.2 Å². The predicted molar refractivity (Wildman–Crippen MR) is 73.4 cm³/mol. The number of likely N-dealkylation sites (N-methyl/N-ethyl adjacent to an activating group) is 1. The Morgan fingerprint density at radius 2 is 1.80 bits per heavy atom. The van der Waals surface area contributed by atoms with Gasteiger partial charge in [0.15, 0.2) is 0 Å². The second-order valence-electron chi connectivity index (χ2n) is 4.38. The number of esters is 1. The summed E-state index contributed by atoms with van der Waals surface area (Å²) in [4.78, 5) is 34.5. The molecule has 0 saturated carbocycles. The molecule has 2 amide bonds. The Kier molecular flexibility index (Phi) is 10.1. The second-order valence-corrected chi connectivity index (χ2v) is 4.38. The van der Waals surface area contributed by atoms with Crippen LogP contribution in [-0.4, -0.2) is 54.7 Å². The van der Waals surface area contributed by atoms with E-state index >= 15 is 0 Å². The maximum absolute atomic E-state index is 11.7. The van der Waals surface area contributed by atoms with E-state index in [1.54, 1.807) is 6.92 Å². The van der Waals surface area contributed by atoms with Crippen LogP contribution in [0.15, 0.2) is 0 Å². The molecule has 0 radical (unpaired) electrons. The molecule has 0 rings (SSSR count). The highest BCUT2D eigenvalue weighted by molar-refractivity contribution is 5.80. The Morgan fingerprint density at radius 1 is 1.15 bits per heavy atom. The lowest BCUT2D eigenvalue weighted by atomic mass is 10.1. The fraction of sp³-hybridized carbons (Fsp3) is 0.769. The molecule has 0 saturated heterocycles. The first-order valence-electron chi connectivity index (χ1n) is 6.82. The summed E-state index contributed by atoms with van der Waals surface area (Å²) in [5.74, 6) is -1.23. The van der Waals surface area contributed by atoms with E-state index in [-0.39, 0.29) is 19.0 Å². The molecule has 0 heterocycles. The van der Waals surface area contributed by atoms with E-state index in [4.69, 9.17) is 5.11 Å². The molecule has 0 aromatic rings. The largest absolute Gasteiger partial charge is 0.481 e. The minimum Gasteiger partial charge on any atom is -0.481 e. The number of carboxylic acid groups (broad SMARTS) is 1. The summed E-state index contributed by atoms with van der Waals surface area (Å²) in [6, 6.07) is -0.288. The number of urea groups is 1. The van der Waals surface area contributed by atoms with Crippen LogP contribution in [0.4, 0.5) is 4.79 Å². The summed E-state index contributed by atoms with van der Waals surface area (Å²) in [6.07, 6.45) is 3.35. The van der Waals surface area contributed by atoms with E-state index in [2.05, 4.69) is 10.1 Å². The maximum atomic E-state index is 11.7. The minimum absolute atomic E-state index is 0.0581. The van der Waals surface area contributed by atoms with Crippen molar-refractivity contribution in [3.05, 3.63) is 0 Å². The van der Waals surface area contributed by atoms with E-state index in [0.29, 0.717) is 19.5 Å². The van der Waals surface area contributed by atoms with Crippen LogP contribution in [0.25, 0.3) is 0 Å². The number of carbonyl (C=O) groups is 3. The first kappa shape index (κ1) is 18.2. The Balaban J connectivity index is 3.69. The van der Waals surface area contributed by atoms with Crippen LogP contribution >= 0.6 is 0 Å². The highest BCUT2D eigenvalue weighted by Gasteiger charge is 2.14. The van der Waals surface area contributed by atoms with Gasteiger partial charge in [-0.05, 0) is 19.8 Å². The molecule has 7 nitrogen and oxygen atoms in total. The summed E-state index contributed by atoms with van der Waals surface area (Å²) in [6.45, 7) is 2.68. The van der Waals surface area contributed by atoms with Crippen molar-refractivity contribution in [3.8, 4) is 0 Å². The second kappa shape index (κ2) is 11.1. The SMILES string of the molecule is CCN(CC(=O)OC)C(=O)NCCCCCCC(=O)O. The van der Waals surface area contributed by atoms with Crippen molar-refractivity contribution in [1.29, 1.82) is 0 Å². The molecule has 0 atom stereocenters. The zero-order chi connectivity index (χ0) is 15.4. The zero-order valence-corrected chi connectivity index (χ0v) is 12.2. The zero-order valence-electron chi connectivity index (χ0n) is 12.2. The number of methoxy groups -OCH3 is 1. The van der Waals surface area contributed by atoms with Gasteiger partial charge in [0.2, 0.25) is 0 Å². The first-order valence-corrected chi connectivity index (χ1v) is 6.82. The molecule has 7 heteroatoms. The topological polar surface area (TPSA) is 95.9 Å². The van der Waals surface area contributed by atoms with Gasteiger partial charge in [0, 0.05) is 19.5 Å². The monoisotopic (exact) mass is 288 g/mol. The normalized spacial score (nSPS) is 9.90. The quantitative estimate of drug-likeness (QED) is 0.465. The van der Waals surface area contributed by atoms with Gasteiger partial charge in [-0.25, -0.2) is 4.79 Å². The number of hydrogen-bond donors (Lipinski definition) is 2. The highest BCUT2D eigenvalue weighted by Crippen LogP contribution is 2.02. The number of nitrogens with one attached hydrogen (secondary N) is 1. The third-order valence-corrected chi connectivity index (χ3v) is 2.81. The third-order valence-electron chi connectivity index (χ3n) is 2.81. The van der Waals surface area contributed by atoms with Crippen molar-refractivity contribution in [2.75, 3.05) is 26.7 Å². The van der Waals surface area contributed by atoms with E-state index < -0.39 is 11.9 Å². The molecule has 0 aromatic carbocycles. The smallest absolute Gasteiger partial charge is 0.325 e. The summed E-state index contributed by atoms with van der Waals surface area (Å²) >= 11 is 0. The van der Waals surface area contributed by atoms with E-state index in [9.17, 15) is 14.4 Å². The van der Waals surface area contributed by atoms with Crippen LogP contribution in [-0.2, 0) is 14.3 Å². The highest BCUT2D eigenvalue weighted by atomic mass is 16.5. The van der Waals surface area contributed by atoms with E-state index in [1.165, 1.54) is 12.0 Å². The molecule has 0 aromatic heterocycles. The van der Waals surface area contributed by atoms with Crippen LogP contribution < -0.4 is 5.32 Å². The summed E-state index contributed by atoms with van der Waals surface area (Å²) in [5.41, 5.74) is 0. The van der Waals surface area contributed by atoms with Crippen molar-refractivity contribution >= 4 is 18.0 Å². The number of ether oxygens (including phenoxy) is 1. The fourth-order valence-corrected chi connectivity index (χ4v) is 1.61. The molecule has 2 N–H and O–H groups in total. The minimum atomic E-state index is -0.778. The van der Waals surface area contributed by atoms with Gasteiger partial charge in [-0.3, -0.25) is 9.59 Å². The molecule has 0 aliphatic rings. The molecule has 20 heavy (non-hydrogen) atoms. The van der Waals surface area contributed by atoms with Gasteiger partial charge in [0.1, 0.15) is 6.54 Å². The number of carbonyl (C=O) groups excluding carboxylic acids is 2. The van der Waals surface area contributed by atoms with E-state index in [0.717, 1.165) is 19.3 Å². The molecular formula is C13H24N2O5. The summed E-state index contributed by atoms with van der Waals surface area (Å²) in [7, 11) is 1.28. The number of carboxylic acids is 1. The molecule has 0 bridgehead atoms. The van der Waals surface area contributed by atoms with Gasteiger partial charge >= 0.3 is 18.0 Å². The standard InChI is InChI=1S/C13H24N2O5/c1-3-15(10-12(18)20-2)13(19)14-9-7-5-4-6-8-11(16)17/h3-10H2,1-2H3,(H,14,19)(H,16,17). The lowest BCUT2D eigenvalue weighted by molar-refractivity contribution is -0.141. The average molecular weight is 288 g/mol. The Morgan fingerprint density at radius 3 is 2.35 bits per heavy atom. The molecule has 0 spiro atoms. The van der Waals surface area contributed by atoms with Crippen molar-refractivity contribution < 1.29 is 24.2 Å². The molecule has 0 aliphatic heterocycles. The van der Waals surface area contributed by atoms with Gasteiger partial charge in [-0.1, -0.05) is 12.8 Å². The average Bonchev–Trinajstić information content (AvgIpc) is 2.42. The number of hydrogen-bond acceptors (Lipinski definition) is 4. The maximum Gasteiger partial charge on any atom is 0.325 e. The number of nitrogens with zero attached hydrogens (tertiary/aromatic N) is 1. The molecule has 0 fully saturated rings.